The molecule has 0 rings (SSSR count). The summed E-state index contributed by atoms with van der Waals surface area (Å²) in [6.07, 6.45) is -0.192. The molecule has 0 fully saturated rings. The molecular formula is C44H78N12O15S. The molecule has 0 heterocycles. The summed E-state index contributed by atoms with van der Waals surface area (Å²) in [6, 6.07) is -13.0. The minimum absolute atomic E-state index is 0.0364. The van der Waals surface area contributed by atoms with E-state index >= 15 is 0 Å². The van der Waals surface area contributed by atoms with Crippen LogP contribution in [0.3, 0.4) is 0 Å². The highest BCUT2D eigenvalue weighted by Crippen LogP contribution is 2.12. The third-order valence-corrected chi connectivity index (χ3v) is 11.3. The summed E-state index contributed by atoms with van der Waals surface area (Å²) in [5.74, 6) is -12.0. The number of nitrogens with one attached hydrogen (secondary N) is 8. The standard InChI is InChI=1S/C44H78N12O15S/c1-22(2)19-30(42(68)53-28(11-14-34(48)59)40(66)55-31(44(70)71)20-23(3)4)54-39(65)27(10-13-33(47)58)52-38(64)26(9-7-8-17-45)51-43(69)32(21-57)56-41(67)29(12-15-35(60)61)50-36(62)24(5)49-37(63)25(46)16-18-72-6/h22-32,57H,7-21,45-46H2,1-6H3,(H2,47,58)(H2,48,59)(H,49,63)(H,50,62)(H,51,69)(H,52,64)(H,53,68)(H,54,65)(H,55,66)(H,56,67)(H,60,61)(H,70,71)/t24-,25-,26-,27-,28-,29-,30-,31-,32-/m0/s1. The Hall–Kier alpha value is -6.13. The van der Waals surface area contributed by atoms with Crippen LogP contribution in [0.15, 0.2) is 0 Å². The van der Waals surface area contributed by atoms with Gasteiger partial charge in [0.25, 0.3) is 0 Å². The van der Waals surface area contributed by atoms with Crippen molar-refractivity contribution in [2.24, 2.45) is 34.8 Å². The third-order valence-electron chi connectivity index (χ3n) is 10.7. The molecule has 9 atom stereocenters. The Morgan fingerprint density at radius 3 is 1.25 bits per heavy atom. The number of carboxylic acids is 2. The predicted octanol–water partition coefficient (Wildman–Crippen LogP) is -4.34. The monoisotopic (exact) mass is 1050 g/mol. The molecule has 0 radical (unpaired) electrons. The van der Waals surface area contributed by atoms with E-state index in [1.807, 2.05) is 6.26 Å². The van der Waals surface area contributed by atoms with Crippen molar-refractivity contribution < 1.29 is 72.9 Å². The SMILES string of the molecule is CSCC[C@H](N)C(=O)N[C@@H](C)C(=O)N[C@@H](CCC(=O)O)C(=O)N[C@@H](CO)C(=O)N[C@@H](CCCCN)C(=O)N[C@@H](CCC(N)=O)C(=O)N[C@@H](CC(C)C)C(=O)N[C@@H](CCC(N)=O)C(=O)N[C@@H](CC(C)C)C(=O)O. The molecule has 27 nitrogen and oxygen atoms in total. The van der Waals surface area contributed by atoms with Crippen LogP contribution in [0.25, 0.3) is 0 Å². The van der Waals surface area contributed by atoms with Crippen LogP contribution in [-0.2, 0) is 57.5 Å². The average Bonchev–Trinajstić information content (AvgIpc) is 3.29. The Morgan fingerprint density at radius 2 is 0.847 bits per heavy atom. The van der Waals surface area contributed by atoms with E-state index in [-0.39, 0.29) is 56.9 Å². The smallest absolute Gasteiger partial charge is 0.326 e. The summed E-state index contributed by atoms with van der Waals surface area (Å²) in [6.45, 7) is 7.27. The van der Waals surface area contributed by atoms with Crippen LogP contribution in [-0.4, -0.2) is 166 Å². The lowest BCUT2D eigenvalue weighted by atomic mass is 10.00. The normalized spacial score (nSPS) is 14.9. The highest BCUT2D eigenvalue weighted by atomic mass is 32.2. The second-order valence-corrected chi connectivity index (χ2v) is 19.0. The summed E-state index contributed by atoms with van der Waals surface area (Å²) in [4.78, 5) is 155. The maximum Gasteiger partial charge on any atom is 0.326 e. The van der Waals surface area contributed by atoms with Gasteiger partial charge in [0.15, 0.2) is 0 Å². The van der Waals surface area contributed by atoms with Crippen LogP contribution in [0.2, 0.25) is 0 Å². The van der Waals surface area contributed by atoms with Crippen molar-refractivity contribution in [3.05, 3.63) is 0 Å². The summed E-state index contributed by atoms with van der Waals surface area (Å²) in [5.41, 5.74) is 22.2. The van der Waals surface area contributed by atoms with Crippen LogP contribution in [0.4, 0.5) is 0 Å². The fourth-order valence-corrected chi connectivity index (χ4v) is 7.18. The average molecular weight is 1050 g/mol. The lowest BCUT2D eigenvalue weighted by Crippen LogP contribution is -2.61. The summed E-state index contributed by atoms with van der Waals surface area (Å²) >= 11 is 1.45. The first kappa shape index (κ1) is 65.9. The van der Waals surface area contributed by atoms with Gasteiger partial charge in [-0.15, -0.1) is 0 Å². The molecule has 0 aromatic rings. The van der Waals surface area contributed by atoms with Gasteiger partial charge in [0.05, 0.1) is 12.6 Å². The van der Waals surface area contributed by atoms with Gasteiger partial charge in [-0.05, 0) is 95.1 Å². The molecule has 28 heteroatoms. The van der Waals surface area contributed by atoms with Gasteiger partial charge in [-0.1, -0.05) is 27.7 Å². The topological polar surface area (TPSA) is 466 Å². The van der Waals surface area contributed by atoms with Crippen LogP contribution < -0.4 is 65.5 Å². The number of unbranched alkanes of at least 4 members (excludes halogenated alkanes) is 1. The largest absolute Gasteiger partial charge is 0.481 e. The number of amides is 10. The van der Waals surface area contributed by atoms with Crippen LogP contribution in [0.1, 0.15) is 112 Å². The molecule has 0 aromatic carbocycles. The Kier molecular flexibility index (Phi) is 32.1. The minimum Gasteiger partial charge on any atom is -0.481 e. The van der Waals surface area contributed by atoms with Crippen molar-refractivity contribution in [1.29, 1.82) is 0 Å². The summed E-state index contributed by atoms with van der Waals surface area (Å²) < 4.78 is 0. The number of hydrogen-bond donors (Lipinski definition) is 15. The Bertz CT molecular complexity index is 1860. The second-order valence-electron chi connectivity index (χ2n) is 18.1. The molecule has 10 amide bonds. The Balaban J connectivity index is 6.57. The maximum atomic E-state index is 14.0. The van der Waals surface area contributed by atoms with Crippen LogP contribution >= 0.6 is 11.8 Å². The van der Waals surface area contributed by atoms with E-state index < -0.39 is 158 Å². The van der Waals surface area contributed by atoms with E-state index in [0.717, 1.165) is 0 Å². The van der Waals surface area contributed by atoms with E-state index in [9.17, 15) is 72.9 Å². The predicted molar refractivity (Wildman–Crippen MR) is 262 cm³/mol. The molecule has 0 saturated heterocycles. The van der Waals surface area contributed by atoms with Crippen molar-refractivity contribution in [2.45, 2.75) is 166 Å². The molecule has 19 N–H and O–H groups in total. The van der Waals surface area contributed by atoms with Gasteiger partial charge in [-0.25, -0.2) is 4.79 Å². The summed E-state index contributed by atoms with van der Waals surface area (Å²) in [7, 11) is 0. The van der Waals surface area contributed by atoms with Crippen molar-refractivity contribution in [3.8, 4) is 0 Å². The number of carbonyl (C=O) groups is 12. The van der Waals surface area contributed by atoms with Crippen molar-refractivity contribution >= 4 is 82.8 Å². The molecule has 0 aliphatic rings. The van der Waals surface area contributed by atoms with Crippen LogP contribution in [0, 0.1) is 11.8 Å². The minimum atomic E-state index is -1.80. The molecule has 0 bridgehead atoms. The maximum absolute atomic E-state index is 14.0. The number of hydrogen-bond acceptors (Lipinski definition) is 16. The van der Waals surface area contributed by atoms with E-state index in [1.54, 1.807) is 27.7 Å². The van der Waals surface area contributed by atoms with Crippen LogP contribution in [0.5, 0.6) is 0 Å². The lowest BCUT2D eigenvalue weighted by Gasteiger charge is -2.28. The second kappa shape index (κ2) is 35.1. The van der Waals surface area contributed by atoms with Gasteiger partial charge < -0.3 is 80.8 Å². The van der Waals surface area contributed by atoms with Gasteiger partial charge in [0.1, 0.15) is 48.3 Å². The van der Waals surface area contributed by atoms with Gasteiger partial charge in [-0.2, -0.15) is 11.8 Å². The molecule has 0 aliphatic carbocycles. The van der Waals surface area contributed by atoms with Crippen molar-refractivity contribution in [3.63, 3.8) is 0 Å². The molecular weight excluding hydrogens is 969 g/mol. The van der Waals surface area contributed by atoms with Crippen molar-refractivity contribution in [2.75, 3.05) is 25.2 Å². The number of nitrogens with two attached hydrogens (primary N) is 4. The zero-order chi connectivity index (χ0) is 55.2. The van der Waals surface area contributed by atoms with E-state index in [0.29, 0.717) is 18.6 Å². The number of primary amides is 2. The number of carbonyl (C=O) groups excluding carboxylic acids is 10. The molecule has 0 unspecified atom stereocenters. The third kappa shape index (κ3) is 27.5. The molecule has 0 aliphatic heterocycles. The first-order valence-electron chi connectivity index (χ1n) is 23.7. The molecule has 72 heavy (non-hydrogen) atoms. The Labute approximate surface area is 423 Å². The first-order valence-corrected chi connectivity index (χ1v) is 25.1. The lowest BCUT2D eigenvalue weighted by molar-refractivity contribution is -0.143. The molecule has 0 spiro atoms. The summed E-state index contributed by atoms with van der Waals surface area (Å²) in [5, 5.41) is 48.4. The van der Waals surface area contributed by atoms with Gasteiger partial charge >= 0.3 is 11.9 Å². The van der Waals surface area contributed by atoms with E-state index in [2.05, 4.69) is 42.5 Å². The van der Waals surface area contributed by atoms with E-state index in [1.165, 1.54) is 18.7 Å². The van der Waals surface area contributed by atoms with E-state index in [4.69, 9.17) is 22.9 Å². The number of aliphatic carboxylic acids is 2. The number of thioether (sulfide) groups is 1. The number of carboxylic acid groups (broad SMARTS) is 2. The highest BCUT2D eigenvalue weighted by molar-refractivity contribution is 7.98. The molecule has 410 valence electrons. The highest BCUT2D eigenvalue weighted by Gasteiger charge is 2.35. The number of rotatable bonds is 38. The Morgan fingerprint density at radius 1 is 0.472 bits per heavy atom. The number of aliphatic hydroxyl groups is 1. The molecule has 0 saturated carbocycles. The zero-order valence-electron chi connectivity index (χ0n) is 41.9. The van der Waals surface area contributed by atoms with Crippen molar-refractivity contribution in [1.82, 2.24) is 42.5 Å². The fourth-order valence-electron chi connectivity index (χ4n) is 6.69. The van der Waals surface area contributed by atoms with Gasteiger partial charge in [-0.3, -0.25) is 52.7 Å². The van der Waals surface area contributed by atoms with Gasteiger partial charge in [0, 0.05) is 19.3 Å². The first-order chi connectivity index (χ1) is 33.7. The number of aliphatic hydroxyl groups excluding tert-OH is 1. The van der Waals surface area contributed by atoms with Gasteiger partial charge in [0.2, 0.25) is 59.1 Å². The molecule has 0 aromatic heterocycles. The zero-order valence-corrected chi connectivity index (χ0v) is 42.7. The fraction of sp³-hybridized carbons (Fsp3) is 0.727. The quantitative estimate of drug-likeness (QED) is 0.0260.